The SMILES string of the molecule is CCc1ccc(/C=C2\SC(=Nc3ccc(C(=O)O)cc3)N(C)C2=O)cc1. The normalized spacial score (nSPS) is 17.3. The van der Waals surface area contributed by atoms with E-state index in [-0.39, 0.29) is 11.5 Å². The number of benzene rings is 2. The lowest BCUT2D eigenvalue weighted by Crippen LogP contribution is -2.23. The second kappa shape index (κ2) is 7.58. The summed E-state index contributed by atoms with van der Waals surface area (Å²) in [6.45, 7) is 2.10. The summed E-state index contributed by atoms with van der Waals surface area (Å²) in [5.41, 5.74) is 3.03. The van der Waals surface area contributed by atoms with Gasteiger partial charge in [-0.25, -0.2) is 9.79 Å². The van der Waals surface area contributed by atoms with Crippen LogP contribution in [0.2, 0.25) is 0 Å². The van der Waals surface area contributed by atoms with E-state index in [9.17, 15) is 9.59 Å². The molecule has 1 aliphatic heterocycles. The van der Waals surface area contributed by atoms with Gasteiger partial charge in [-0.3, -0.25) is 9.69 Å². The Morgan fingerprint density at radius 1 is 1.15 bits per heavy atom. The number of rotatable bonds is 4. The number of aryl methyl sites for hydroxylation is 1. The van der Waals surface area contributed by atoms with E-state index < -0.39 is 5.97 Å². The molecule has 1 saturated heterocycles. The van der Waals surface area contributed by atoms with Gasteiger partial charge in [0.15, 0.2) is 5.17 Å². The molecule has 3 rings (SSSR count). The second-order valence-corrected chi connectivity index (χ2v) is 6.83. The Morgan fingerprint density at radius 2 is 1.81 bits per heavy atom. The van der Waals surface area contributed by atoms with E-state index >= 15 is 0 Å². The molecule has 0 saturated carbocycles. The molecule has 1 N–H and O–H groups in total. The fraction of sp³-hybridized carbons (Fsp3) is 0.150. The molecule has 0 aromatic heterocycles. The van der Waals surface area contributed by atoms with Gasteiger partial charge in [0.25, 0.3) is 5.91 Å². The maximum atomic E-state index is 12.5. The molecule has 1 amide bonds. The number of carboxylic acid groups (broad SMARTS) is 1. The van der Waals surface area contributed by atoms with Crippen molar-refractivity contribution in [2.45, 2.75) is 13.3 Å². The van der Waals surface area contributed by atoms with Crippen molar-refractivity contribution in [2.75, 3.05) is 7.05 Å². The minimum absolute atomic E-state index is 0.101. The molecule has 6 heteroatoms. The average Bonchev–Trinajstić information content (AvgIpc) is 2.91. The molecule has 2 aromatic rings. The Kier molecular flexibility index (Phi) is 5.23. The number of aliphatic imine (C=N–C) groups is 1. The molecule has 5 nitrogen and oxygen atoms in total. The molecule has 1 aliphatic rings. The van der Waals surface area contributed by atoms with E-state index in [1.807, 2.05) is 18.2 Å². The Labute approximate surface area is 156 Å². The average molecular weight is 366 g/mol. The van der Waals surface area contributed by atoms with Crippen LogP contribution in [0.3, 0.4) is 0 Å². The van der Waals surface area contributed by atoms with Gasteiger partial charge >= 0.3 is 5.97 Å². The van der Waals surface area contributed by atoms with E-state index in [0.717, 1.165) is 12.0 Å². The Hall–Kier alpha value is -2.86. The van der Waals surface area contributed by atoms with Crippen LogP contribution in [0.25, 0.3) is 6.08 Å². The highest BCUT2D eigenvalue weighted by atomic mass is 32.2. The molecule has 0 aliphatic carbocycles. The van der Waals surface area contributed by atoms with Crippen molar-refractivity contribution in [3.05, 3.63) is 70.1 Å². The fourth-order valence-corrected chi connectivity index (χ4v) is 3.43. The molecule has 26 heavy (non-hydrogen) atoms. The third-order valence-electron chi connectivity index (χ3n) is 4.03. The maximum Gasteiger partial charge on any atom is 0.335 e. The zero-order valence-electron chi connectivity index (χ0n) is 14.5. The summed E-state index contributed by atoms with van der Waals surface area (Å²) < 4.78 is 0. The first-order valence-electron chi connectivity index (χ1n) is 8.16. The van der Waals surface area contributed by atoms with E-state index in [2.05, 4.69) is 24.0 Å². The number of hydrogen-bond donors (Lipinski definition) is 1. The topological polar surface area (TPSA) is 70.0 Å². The Bertz CT molecular complexity index is 900. The van der Waals surface area contributed by atoms with Crippen molar-refractivity contribution in [2.24, 2.45) is 4.99 Å². The molecule has 0 atom stereocenters. The number of nitrogens with zero attached hydrogens (tertiary/aromatic N) is 2. The van der Waals surface area contributed by atoms with Crippen molar-refractivity contribution in [3.63, 3.8) is 0 Å². The summed E-state index contributed by atoms with van der Waals surface area (Å²) in [4.78, 5) is 29.9. The number of carbonyl (C=O) groups is 2. The fourth-order valence-electron chi connectivity index (χ4n) is 2.44. The molecular weight excluding hydrogens is 348 g/mol. The van der Waals surface area contributed by atoms with Crippen LogP contribution in [0.5, 0.6) is 0 Å². The van der Waals surface area contributed by atoms with Crippen LogP contribution in [0.1, 0.15) is 28.4 Å². The molecular formula is C20H18N2O3S. The number of thioether (sulfide) groups is 1. The molecule has 0 unspecified atom stereocenters. The Balaban J connectivity index is 1.83. The maximum absolute atomic E-state index is 12.5. The van der Waals surface area contributed by atoms with E-state index in [1.54, 1.807) is 19.2 Å². The van der Waals surface area contributed by atoms with Crippen molar-refractivity contribution >= 4 is 40.6 Å². The highest BCUT2D eigenvalue weighted by Crippen LogP contribution is 2.33. The third kappa shape index (κ3) is 3.86. The van der Waals surface area contributed by atoms with Gasteiger partial charge in [0, 0.05) is 7.05 Å². The van der Waals surface area contributed by atoms with E-state index in [1.165, 1.54) is 34.4 Å². The predicted octanol–water partition coefficient (Wildman–Crippen LogP) is 4.18. The van der Waals surface area contributed by atoms with Crippen molar-refractivity contribution in [1.29, 1.82) is 0 Å². The van der Waals surface area contributed by atoms with E-state index in [0.29, 0.717) is 15.8 Å². The van der Waals surface area contributed by atoms with Gasteiger partial charge in [0.05, 0.1) is 16.2 Å². The second-order valence-electron chi connectivity index (χ2n) is 5.82. The van der Waals surface area contributed by atoms with Crippen LogP contribution in [0.4, 0.5) is 5.69 Å². The first kappa shape index (κ1) is 17.9. The quantitative estimate of drug-likeness (QED) is 0.824. The molecule has 0 radical (unpaired) electrons. The summed E-state index contributed by atoms with van der Waals surface area (Å²) in [7, 11) is 1.68. The number of hydrogen-bond acceptors (Lipinski definition) is 4. The lowest BCUT2D eigenvalue weighted by atomic mass is 10.1. The zero-order valence-corrected chi connectivity index (χ0v) is 15.3. The number of carboxylic acids is 1. The monoisotopic (exact) mass is 366 g/mol. The number of carbonyl (C=O) groups excluding carboxylic acids is 1. The largest absolute Gasteiger partial charge is 0.478 e. The van der Waals surface area contributed by atoms with E-state index in [4.69, 9.17) is 5.11 Å². The first-order chi connectivity index (χ1) is 12.5. The number of amidine groups is 1. The molecule has 1 fully saturated rings. The van der Waals surface area contributed by atoms with Crippen LogP contribution in [-0.2, 0) is 11.2 Å². The predicted molar refractivity (Wildman–Crippen MR) is 105 cm³/mol. The summed E-state index contributed by atoms with van der Waals surface area (Å²) >= 11 is 1.31. The molecule has 2 aromatic carbocycles. The highest BCUT2D eigenvalue weighted by Gasteiger charge is 2.30. The van der Waals surface area contributed by atoms with Crippen LogP contribution >= 0.6 is 11.8 Å². The summed E-state index contributed by atoms with van der Waals surface area (Å²) in [6.07, 6.45) is 2.84. The molecule has 132 valence electrons. The van der Waals surface area contributed by atoms with Crippen LogP contribution in [-0.4, -0.2) is 34.1 Å². The molecule has 0 spiro atoms. The van der Waals surface area contributed by atoms with Crippen LogP contribution in [0.15, 0.2) is 58.4 Å². The van der Waals surface area contributed by atoms with Crippen LogP contribution in [0, 0.1) is 0 Å². The molecule has 1 heterocycles. The van der Waals surface area contributed by atoms with Gasteiger partial charge < -0.3 is 5.11 Å². The van der Waals surface area contributed by atoms with Crippen LogP contribution < -0.4 is 0 Å². The molecule has 0 bridgehead atoms. The first-order valence-corrected chi connectivity index (χ1v) is 8.98. The lowest BCUT2D eigenvalue weighted by Gasteiger charge is -2.07. The van der Waals surface area contributed by atoms with Gasteiger partial charge in [-0.2, -0.15) is 0 Å². The third-order valence-corrected chi connectivity index (χ3v) is 5.09. The standard InChI is InChI=1S/C20H18N2O3S/c1-3-13-4-6-14(7-5-13)12-17-18(23)22(2)20(26-17)21-16-10-8-15(9-11-16)19(24)25/h4-12H,3H2,1-2H3,(H,24,25)/b17-12-,21-20?. The minimum atomic E-state index is -0.981. The minimum Gasteiger partial charge on any atom is -0.478 e. The van der Waals surface area contributed by atoms with Crippen molar-refractivity contribution in [3.8, 4) is 0 Å². The van der Waals surface area contributed by atoms with Gasteiger partial charge in [-0.1, -0.05) is 31.2 Å². The van der Waals surface area contributed by atoms with Crippen molar-refractivity contribution < 1.29 is 14.7 Å². The summed E-state index contributed by atoms with van der Waals surface area (Å²) in [6, 6.07) is 14.3. The van der Waals surface area contributed by atoms with Gasteiger partial charge in [-0.15, -0.1) is 0 Å². The van der Waals surface area contributed by atoms with Gasteiger partial charge in [-0.05, 0) is 59.7 Å². The van der Waals surface area contributed by atoms with Gasteiger partial charge in [0.2, 0.25) is 0 Å². The smallest absolute Gasteiger partial charge is 0.335 e. The van der Waals surface area contributed by atoms with Crippen molar-refractivity contribution in [1.82, 2.24) is 4.90 Å². The zero-order chi connectivity index (χ0) is 18.7. The summed E-state index contributed by atoms with van der Waals surface area (Å²) in [5, 5.41) is 9.51. The number of aromatic carboxylic acids is 1. The van der Waals surface area contributed by atoms with Gasteiger partial charge in [0.1, 0.15) is 0 Å². The summed E-state index contributed by atoms with van der Waals surface area (Å²) in [5.74, 6) is -1.08. The number of likely N-dealkylation sites (N-methyl/N-ethyl adjacent to an activating group) is 1. The number of amides is 1. The Morgan fingerprint density at radius 3 is 2.38 bits per heavy atom. The highest BCUT2D eigenvalue weighted by molar-refractivity contribution is 8.18. The lowest BCUT2D eigenvalue weighted by molar-refractivity contribution is -0.121.